The molecule has 75 heavy (non-hydrogen) atoms. The molecule has 3 N–H and O–H groups in total. The van der Waals surface area contributed by atoms with Gasteiger partial charge >= 0.3 is 47.8 Å². The molecule has 3 aromatic rings. The molecule has 0 saturated carbocycles. The number of nitrogens with zero attached hydrogens (tertiary/aromatic N) is 12. The van der Waals surface area contributed by atoms with Crippen LogP contribution < -0.4 is 77.1 Å². The van der Waals surface area contributed by atoms with Crippen molar-refractivity contribution >= 4 is 75.6 Å². The van der Waals surface area contributed by atoms with Crippen molar-refractivity contribution in [1.82, 2.24) is 0 Å². The number of hydrogen-bond donors (Lipinski definition) is 1. The first kappa shape index (κ1) is 62.5. The van der Waals surface area contributed by atoms with Gasteiger partial charge in [-0.15, -0.1) is 23.2 Å². The Bertz CT molecular complexity index is 2330. The van der Waals surface area contributed by atoms with E-state index in [1.807, 2.05) is 14.7 Å². The number of quaternary nitrogens is 1. The van der Waals surface area contributed by atoms with Crippen LogP contribution in [0.25, 0.3) is 26.4 Å². The first-order valence-electron chi connectivity index (χ1n) is 23.2. The van der Waals surface area contributed by atoms with Crippen LogP contribution >= 0.6 is 23.2 Å². The number of benzene rings is 3. The molecule has 0 aliphatic carbocycles. The number of carbonyl (C=O) groups excluding carboxylic acids is 3. The summed E-state index contributed by atoms with van der Waals surface area (Å²) in [6, 6.07) is 14.3. The van der Waals surface area contributed by atoms with Gasteiger partial charge in [0.1, 0.15) is 36.2 Å². The quantitative estimate of drug-likeness (QED) is 0.0514. The molecule has 23 nitrogen and oxygen atoms in total. The number of hydrogen-bond acceptors (Lipinski definition) is 14. The smallest absolute Gasteiger partial charge is 1.00 e. The number of halogens is 6. The zero-order chi connectivity index (χ0) is 52.3. The van der Waals surface area contributed by atoms with E-state index < -0.39 is 30.2 Å². The van der Waals surface area contributed by atoms with E-state index in [-0.39, 0.29) is 84.8 Å². The zero-order valence-corrected chi connectivity index (χ0v) is 45.3. The van der Waals surface area contributed by atoms with E-state index in [1.165, 1.54) is 37.8 Å². The van der Waals surface area contributed by atoms with Crippen molar-refractivity contribution in [2.24, 2.45) is 5.11 Å². The topological polar surface area (TPSA) is 274 Å². The van der Waals surface area contributed by atoms with Crippen LogP contribution in [0.5, 0.6) is 0 Å². The number of amides is 3. The zero-order valence-electron chi connectivity index (χ0n) is 41.1. The monoisotopic (exact) mass is 1120 g/mol. The Morgan fingerprint density at radius 1 is 0.573 bits per heavy atom. The van der Waals surface area contributed by atoms with Crippen molar-refractivity contribution < 1.29 is 108 Å². The summed E-state index contributed by atoms with van der Waals surface area (Å²) in [4.78, 5) is 49.5. The number of morpholine rings is 3. The molecule has 3 aromatic carbocycles. The van der Waals surface area contributed by atoms with Crippen LogP contribution in [-0.2, 0) is 33.2 Å². The summed E-state index contributed by atoms with van der Waals surface area (Å²) >= 11 is 11.0. The van der Waals surface area contributed by atoms with E-state index >= 15 is 0 Å². The van der Waals surface area contributed by atoms with Gasteiger partial charge in [0.05, 0.1) is 124 Å². The number of rotatable bonds is 11. The van der Waals surface area contributed by atoms with Crippen LogP contribution in [0.4, 0.5) is 61.7 Å². The average Bonchev–Trinajstić information content (AvgIpc) is 3.91. The van der Waals surface area contributed by atoms with Crippen molar-refractivity contribution in [2.45, 2.75) is 24.4 Å². The number of carbonyl (C=O) groups is 3. The van der Waals surface area contributed by atoms with Gasteiger partial charge in [-0.1, -0.05) is 5.11 Å². The second-order valence-electron chi connectivity index (χ2n) is 16.6. The first-order chi connectivity index (χ1) is 35.4. The predicted molar refractivity (Wildman–Crippen MR) is 264 cm³/mol. The molecule has 3 amide bonds. The molecular formula is C45H56Cl3F3N13NaO10. The van der Waals surface area contributed by atoms with Crippen molar-refractivity contribution in [3.05, 3.63) is 98.5 Å². The van der Waals surface area contributed by atoms with Gasteiger partial charge in [0, 0.05) is 44.2 Å². The summed E-state index contributed by atoms with van der Waals surface area (Å²) in [6.45, 7) is 9.92. The Balaban J connectivity index is 0.000000223. The van der Waals surface area contributed by atoms with E-state index in [1.54, 1.807) is 36.4 Å². The molecular weight excluding hydrogens is 1070 g/mol. The number of ether oxygens (including phenoxy) is 7. The van der Waals surface area contributed by atoms with Gasteiger partial charge in [-0.2, -0.15) is 0 Å². The van der Waals surface area contributed by atoms with E-state index in [0.717, 1.165) is 6.61 Å². The van der Waals surface area contributed by atoms with E-state index in [9.17, 15) is 27.6 Å². The standard InChI is InChI=1S/C14H16ClFN2O3.C14H16FN5O3.C14H18FN3O3.C3H5ClO.ClH.N3.Na/c15-8-11-9-18(14(19)21-11)10-1-2-13(12(16)7-10)17-3-5-20-6-4-17;15-12-7-10(1-2-13(12)19-3-5-22-6-4-19)20-9-11(8-17-18-16)23-14(20)21;15-12-7-10(18-9-11(8-16)21-14(18)19)1-2-13(12)17-3-5-20-6-4-17;4-1-3-2-5-3;;1-3-2;/h1-2,7,11H,3-6,8-9H2;1-2,7,11H,3-6,8-9H2;1-2,7,11H,3-6,8-9,16H2;3H,1-2H2;1H;;/q;;;;;-1;+1/t3*11-;;;;/m000..../s1. The van der Waals surface area contributed by atoms with Gasteiger partial charge in [-0.05, 0) is 60.1 Å². The molecule has 30 heteroatoms. The third-order valence-corrected chi connectivity index (χ3v) is 12.5. The van der Waals surface area contributed by atoms with Gasteiger partial charge in [0.2, 0.25) is 0 Å². The van der Waals surface area contributed by atoms with Crippen LogP contribution in [0.2, 0.25) is 0 Å². The van der Waals surface area contributed by atoms with Gasteiger partial charge in [-0.3, -0.25) is 19.6 Å². The Labute approximate surface area is 468 Å². The van der Waals surface area contributed by atoms with E-state index in [4.69, 9.17) is 73.0 Å². The molecule has 10 rings (SSSR count). The van der Waals surface area contributed by atoms with Crippen LogP contribution in [0.1, 0.15) is 0 Å². The second-order valence-corrected chi connectivity index (χ2v) is 17.2. The summed E-state index contributed by atoms with van der Waals surface area (Å²) in [7, 11) is 0. The second kappa shape index (κ2) is 31.9. The van der Waals surface area contributed by atoms with Crippen molar-refractivity contribution in [2.75, 3.05) is 159 Å². The molecule has 7 aliphatic rings. The fourth-order valence-electron chi connectivity index (χ4n) is 7.98. The molecule has 7 saturated heterocycles. The van der Waals surface area contributed by atoms with Crippen molar-refractivity contribution in [1.29, 1.82) is 0 Å². The van der Waals surface area contributed by atoms with Crippen LogP contribution in [0.3, 0.4) is 0 Å². The molecule has 4 atom stereocenters. The molecule has 0 bridgehead atoms. The van der Waals surface area contributed by atoms with E-state index in [0.29, 0.717) is 145 Å². The van der Waals surface area contributed by atoms with Crippen LogP contribution in [0, 0.1) is 17.5 Å². The van der Waals surface area contributed by atoms with Gasteiger partial charge in [-0.25, -0.2) is 27.6 Å². The number of cyclic esters (lactones) is 3. The summed E-state index contributed by atoms with van der Waals surface area (Å²) in [5, 5.41) is 3.39. The number of azide groups is 1. The Hall–Kier alpha value is -5.05. The Morgan fingerprint density at radius 2 is 0.893 bits per heavy atom. The van der Waals surface area contributed by atoms with Gasteiger partial charge in [0.15, 0.2) is 6.10 Å². The normalized spacial score (nSPS) is 21.5. The number of alkyl halides is 2. The van der Waals surface area contributed by atoms with Crippen molar-refractivity contribution in [3.63, 3.8) is 0 Å². The fourth-order valence-corrected chi connectivity index (χ4v) is 8.32. The average molecular weight is 1130 g/mol. The Morgan fingerprint density at radius 3 is 1.16 bits per heavy atom. The maximum absolute atomic E-state index is 14.4. The molecule has 0 spiro atoms. The third kappa shape index (κ3) is 18.0. The molecule has 404 valence electrons. The molecule has 7 heterocycles. The maximum atomic E-state index is 14.4. The summed E-state index contributed by atoms with van der Waals surface area (Å²) in [5.74, 6) is -0.177. The van der Waals surface area contributed by atoms with Crippen molar-refractivity contribution in [3.8, 4) is 0 Å². The fraction of sp³-hybridized carbons (Fsp3) is 0.533. The summed E-state index contributed by atoms with van der Waals surface area (Å²) in [5.41, 5.74) is 28.5. The van der Waals surface area contributed by atoms with Gasteiger partial charge < -0.3 is 77.1 Å². The number of anilines is 6. The molecule has 1 unspecified atom stereocenters. The van der Waals surface area contributed by atoms with Crippen LogP contribution in [0.15, 0.2) is 59.7 Å². The predicted octanol–water partition coefficient (Wildman–Crippen LogP) is 0.252. The minimum Gasteiger partial charge on any atom is -1.00 e. The molecule has 7 aliphatic heterocycles. The van der Waals surface area contributed by atoms with Gasteiger partial charge in [0.25, 0.3) is 0 Å². The SMILES string of the molecule is ClCC1CO1.O=C1O[C@@H](CCl)CN1c1ccc(N2CCOCC2)c(F)c1.[Cl-].[N-]=[N+]=NC[C@H]1CN(c2ccc(N3CCOCC3)c(F)c2)C(=O)O1.[N-]=[N+]=[N-].[NH3+]C[C@H]1CN(c2ccc(N3CCOCC3)c(F)c2)C(=O)O1.[Na+]. The number of epoxide rings is 1. The van der Waals surface area contributed by atoms with E-state index in [2.05, 4.69) is 15.8 Å². The molecule has 0 aromatic heterocycles. The summed E-state index contributed by atoms with van der Waals surface area (Å²) < 4.78 is 78.8. The summed E-state index contributed by atoms with van der Waals surface area (Å²) in [6.07, 6.45) is -2.18. The minimum atomic E-state index is -0.568. The maximum Gasteiger partial charge on any atom is 1.00 e. The minimum absolute atomic E-state index is 0. The largest absolute Gasteiger partial charge is 1.00 e. The van der Waals surface area contributed by atoms with Crippen LogP contribution in [-0.4, -0.2) is 173 Å². The Kier molecular flexibility index (Phi) is 26.6. The first-order valence-corrected chi connectivity index (χ1v) is 24.3. The molecule has 0 radical (unpaired) electrons. The third-order valence-electron chi connectivity index (χ3n) is 11.8. The molecule has 7 fully saturated rings.